The van der Waals surface area contributed by atoms with Gasteiger partial charge in [0.05, 0.1) is 39.4 Å². The number of benzene rings is 3. The number of halogens is 5. The molecule has 9 nitrogen and oxygen atoms in total. The number of nitrogens with zero attached hydrogens (tertiary/aromatic N) is 3. The average molecular weight is 814 g/mol. The lowest BCUT2D eigenvalue weighted by molar-refractivity contribution is -0.139. The Morgan fingerprint density at radius 3 is 2.32 bits per heavy atom. The second kappa shape index (κ2) is 14.0. The zero-order valence-corrected chi connectivity index (χ0v) is 31.5. The highest BCUT2D eigenvalue weighted by Crippen LogP contribution is 2.65. The molecule has 4 aromatic rings. The first-order valence-electron chi connectivity index (χ1n) is 18.1. The predicted molar refractivity (Wildman–Crippen MR) is 208 cm³/mol. The van der Waals surface area contributed by atoms with E-state index in [1.807, 2.05) is 6.08 Å². The number of aromatic hydroxyl groups is 1. The Morgan fingerprint density at radius 1 is 0.947 bits per heavy atom. The van der Waals surface area contributed by atoms with Gasteiger partial charge in [0.2, 0.25) is 11.8 Å². The molecule has 0 bridgehead atoms. The Labute approximate surface area is 335 Å². The number of carbonyl (C=O) groups excluding carboxylic acids is 4. The molecule has 1 saturated carbocycles. The summed E-state index contributed by atoms with van der Waals surface area (Å²) in [6.45, 7) is 7.58. The lowest BCUT2D eigenvalue weighted by Gasteiger charge is -2.50. The summed E-state index contributed by atoms with van der Waals surface area (Å²) in [5.74, 6) is -7.70. The van der Waals surface area contributed by atoms with E-state index in [9.17, 15) is 32.7 Å². The Kier molecular flexibility index (Phi) is 9.40. The van der Waals surface area contributed by atoms with E-state index in [0.717, 1.165) is 5.56 Å². The summed E-state index contributed by atoms with van der Waals surface area (Å²) in [7, 11) is 0. The largest absolute Gasteiger partial charge is 0.507 e. The molecular weight excluding hydrogens is 780 g/mol. The molecular formula is C43H33Cl2F3N4O5. The molecule has 3 aromatic carbocycles. The van der Waals surface area contributed by atoms with Crippen molar-refractivity contribution in [3.8, 4) is 5.75 Å². The Hall–Kier alpha value is -5.72. The molecule has 0 unspecified atom stereocenters. The van der Waals surface area contributed by atoms with Crippen molar-refractivity contribution in [3.63, 3.8) is 0 Å². The number of phenolic OH excluding ortho intramolecular Hbond substituents is 1. The molecule has 4 aliphatic rings. The van der Waals surface area contributed by atoms with Gasteiger partial charge in [-0.2, -0.15) is 18.2 Å². The average Bonchev–Trinajstić information content (AvgIpc) is 3.57. The summed E-state index contributed by atoms with van der Waals surface area (Å²) in [6, 6.07) is 18.9. The van der Waals surface area contributed by atoms with Crippen molar-refractivity contribution < 1.29 is 37.5 Å². The quantitative estimate of drug-likeness (QED) is 0.135. The van der Waals surface area contributed by atoms with E-state index in [-0.39, 0.29) is 30.8 Å². The molecule has 2 saturated heterocycles. The molecule has 2 N–H and O–H groups in total. The number of aromatic nitrogens is 1. The number of hydrogen-bond acceptors (Lipinski definition) is 7. The lowest BCUT2D eigenvalue weighted by Crippen LogP contribution is -2.53. The normalized spacial score (nSPS) is 25.5. The van der Waals surface area contributed by atoms with Gasteiger partial charge >= 0.3 is 6.18 Å². The van der Waals surface area contributed by atoms with Gasteiger partial charge in [0.15, 0.2) is 5.82 Å². The molecule has 290 valence electrons. The summed E-state index contributed by atoms with van der Waals surface area (Å²) in [5, 5.41) is 12.6. The van der Waals surface area contributed by atoms with Crippen molar-refractivity contribution in [1.29, 1.82) is 0 Å². The van der Waals surface area contributed by atoms with Gasteiger partial charge < -0.3 is 5.11 Å². The van der Waals surface area contributed by atoms with Crippen LogP contribution in [-0.2, 0) is 37.2 Å². The number of amides is 4. The first-order valence-corrected chi connectivity index (χ1v) is 18.8. The number of allylic oxidation sites excluding steroid dienone is 3. The predicted octanol–water partition coefficient (Wildman–Crippen LogP) is 8.67. The topological polar surface area (TPSA) is 120 Å². The fraction of sp³-hybridized carbons (Fsp3) is 0.233. The van der Waals surface area contributed by atoms with Crippen LogP contribution in [0.25, 0.3) is 6.08 Å². The third kappa shape index (κ3) is 5.87. The molecule has 2 aliphatic heterocycles. The number of carbonyl (C=O) groups is 4. The fourth-order valence-corrected chi connectivity index (χ4v) is 9.64. The number of imide groups is 2. The number of rotatable bonds is 8. The van der Waals surface area contributed by atoms with Crippen molar-refractivity contribution in [1.82, 2.24) is 9.99 Å². The number of anilines is 2. The molecule has 3 heterocycles. The number of phenols is 1. The lowest BCUT2D eigenvalue weighted by atomic mass is 9.49. The Balaban J connectivity index is 1.32. The number of fused-ring (bicyclic) bond motifs is 4. The number of hydrogen-bond donors (Lipinski definition) is 2. The molecule has 3 fully saturated rings. The Bertz CT molecular complexity index is 2420. The van der Waals surface area contributed by atoms with Crippen LogP contribution in [0.5, 0.6) is 5.75 Å². The van der Waals surface area contributed by atoms with Gasteiger partial charge in [-0.1, -0.05) is 96.0 Å². The molecule has 4 amide bonds. The van der Waals surface area contributed by atoms with Gasteiger partial charge in [0.25, 0.3) is 11.8 Å². The minimum Gasteiger partial charge on any atom is -0.507 e. The summed E-state index contributed by atoms with van der Waals surface area (Å²) < 4.78 is 40.6. The van der Waals surface area contributed by atoms with E-state index in [1.54, 1.807) is 78.9 Å². The van der Waals surface area contributed by atoms with Crippen LogP contribution in [0.4, 0.5) is 24.7 Å². The van der Waals surface area contributed by atoms with E-state index in [4.69, 9.17) is 23.2 Å². The van der Waals surface area contributed by atoms with Gasteiger partial charge in [0, 0.05) is 22.7 Å². The van der Waals surface area contributed by atoms with E-state index < -0.39 is 75.4 Å². The van der Waals surface area contributed by atoms with Crippen LogP contribution < -0.4 is 10.3 Å². The molecule has 0 radical (unpaired) electrons. The van der Waals surface area contributed by atoms with Crippen molar-refractivity contribution in [2.75, 3.05) is 10.3 Å². The highest BCUT2D eigenvalue weighted by atomic mass is 35.5. The van der Waals surface area contributed by atoms with Crippen molar-refractivity contribution >= 4 is 64.4 Å². The third-order valence-corrected chi connectivity index (χ3v) is 12.3. The van der Waals surface area contributed by atoms with Crippen LogP contribution >= 0.6 is 23.2 Å². The molecule has 14 heteroatoms. The van der Waals surface area contributed by atoms with Gasteiger partial charge in [-0.25, -0.2) is 4.98 Å². The van der Waals surface area contributed by atoms with Crippen LogP contribution in [0, 0.1) is 23.7 Å². The maximum Gasteiger partial charge on any atom is 0.417 e. The van der Waals surface area contributed by atoms with Gasteiger partial charge in [-0.05, 0) is 72.2 Å². The van der Waals surface area contributed by atoms with Crippen LogP contribution in [0.1, 0.15) is 46.6 Å². The maximum absolute atomic E-state index is 15.4. The van der Waals surface area contributed by atoms with Crippen LogP contribution in [0.15, 0.2) is 110 Å². The monoisotopic (exact) mass is 812 g/mol. The molecule has 8 rings (SSSR count). The van der Waals surface area contributed by atoms with Gasteiger partial charge in [-0.15, -0.1) is 6.58 Å². The first-order chi connectivity index (χ1) is 27.2. The molecule has 1 aromatic heterocycles. The van der Waals surface area contributed by atoms with Crippen LogP contribution in [0.2, 0.25) is 10.0 Å². The fourth-order valence-electron chi connectivity index (χ4n) is 9.31. The summed E-state index contributed by atoms with van der Waals surface area (Å²) in [6.07, 6.45) is 1.21. The zero-order chi connectivity index (χ0) is 40.6. The number of pyridine rings is 1. The number of hydrazine groups is 1. The van der Waals surface area contributed by atoms with E-state index in [1.165, 1.54) is 4.90 Å². The number of nitrogens with one attached hydrogen (secondary N) is 1. The SMILES string of the molecule is C=CCc1cccc([C@H]2C3=CC[C@@H]4C(=O)N(c5ccc(C=C)cc5)C(=O)[C@@H]4[C@@H]3C[C@H]3C(=O)N(Nc4ncc(C(F)(F)F)cc4Cl)C(=O)[C@@]23c2ccc(Cl)cc2)c1O. The van der Waals surface area contributed by atoms with Crippen molar-refractivity contribution in [2.45, 2.75) is 36.8 Å². The number of alkyl halides is 3. The van der Waals surface area contributed by atoms with Gasteiger partial charge in [0.1, 0.15) is 5.75 Å². The highest BCUT2D eigenvalue weighted by molar-refractivity contribution is 6.33. The Morgan fingerprint density at radius 2 is 1.67 bits per heavy atom. The molecule has 6 atom stereocenters. The van der Waals surface area contributed by atoms with Crippen LogP contribution in [-0.4, -0.2) is 38.7 Å². The molecule has 57 heavy (non-hydrogen) atoms. The first kappa shape index (κ1) is 38.2. The molecule has 0 spiro atoms. The van der Waals surface area contributed by atoms with E-state index in [0.29, 0.717) is 50.2 Å². The van der Waals surface area contributed by atoms with E-state index in [2.05, 4.69) is 23.6 Å². The van der Waals surface area contributed by atoms with Crippen molar-refractivity contribution in [3.05, 3.63) is 148 Å². The zero-order valence-electron chi connectivity index (χ0n) is 30.0. The van der Waals surface area contributed by atoms with Gasteiger partial charge in [-0.3, -0.25) is 29.5 Å². The number of para-hydroxylation sites is 1. The standard InChI is InChI=1S/C43H33Cl2F3N4O5/c1-3-6-23-7-5-8-30(36(23)53)35-28-17-18-29-34(40(56)51(38(29)54)27-15-9-22(4-2)10-16-27)31(28)20-32-39(55)52(41(57)42(32,35)24-11-13-26(44)14-12-24)50-37-33(45)19-25(21-49-37)43(46,47)48/h3-5,7-17,19,21,29,31-32,34-35,53H,1-2,6,18,20H2,(H,49,50)/t29-,31+,32-,34-,35+,42+/m0/s1. The van der Waals surface area contributed by atoms with Crippen LogP contribution in [0.3, 0.4) is 0 Å². The third-order valence-electron chi connectivity index (χ3n) is 11.8. The highest BCUT2D eigenvalue weighted by Gasteiger charge is 2.70. The summed E-state index contributed by atoms with van der Waals surface area (Å²) >= 11 is 12.6. The minimum absolute atomic E-state index is 0.0710. The smallest absolute Gasteiger partial charge is 0.417 e. The summed E-state index contributed by atoms with van der Waals surface area (Å²) in [4.78, 5) is 64.0. The van der Waals surface area contributed by atoms with Crippen molar-refractivity contribution in [2.24, 2.45) is 23.7 Å². The molecule has 2 aliphatic carbocycles. The maximum atomic E-state index is 15.4. The summed E-state index contributed by atoms with van der Waals surface area (Å²) in [5.41, 5.74) is 2.60. The second-order valence-electron chi connectivity index (χ2n) is 14.6. The van der Waals surface area contributed by atoms with E-state index >= 15 is 4.79 Å². The minimum atomic E-state index is -4.76. The second-order valence-corrected chi connectivity index (χ2v) is 15.4.